The zero-order valence-electron chi connectivity index (χ0n) is 9.85. The molecule has 1 aliphatic heterocycles. The Hall–Kier alpha value is -0.410. The Bertz CT molecular complexity index is 289. The van der Waals surface area contributed by atoms with E-state index in [4.69, 9.17) is 9.47 Å². The molecular weight excluding hydrogens is 204 g/mol. The average molecular weight is 224 g/mol. The molecule has 5 unspecified atom stereocenters. The van der Waals surface area contributed by atoms with Gasteiger partial charge in [0, 0.05) is 24.9 Å². The lowest BCUT2D eigenvalue weighted by molar-refractivity contribution is -0.139. The van der Waals surface area contributed by atoms with E-state index >= 15 is 0 Å². The van der Waals surface area contributed by atoms with Gasteiger partial charge in [-0.15, -0.1) is 0 Å². The van der Waals surface area contributed by atoms with Crippen molar-refractivity contribution < 1.29 is 14.3 Å². The van der Waals surface area contributed by atoms with Crippen LogP contribution in [0.5, 0.6) is 0 Å². The van der Waals surface area contributed by atoms with Crippen molar-refractivity contribution in [2.24, 2.45) is 23.7 Å². The number of fused-ring (bicyclic) bond motifs is 2. The van der Waals surface area contributed by atoms with Gasteiger partial charge < -0.3 is 9.47 Å². The highest BCUT2D eigenvalue weighted by Crippen LogP contribution is 2.47. The average Bonchev–Trinajstić information content (AvgIpc) is 2.72. The number of hydrogen-bond donors (Lipinski definition) is 0. The SMILES string of the molecule is COC1OCC2C(=O)C3CCCCC3CC12. The summed E-state index contributed by atoms with van der Waals surface area (Å²) in [7, 11) is 1.69. The lowest BCUT2D eigenvalue weighted by Crippen LogP contribution is -2.43. The van der Waals surface area contributed by atoms with E-state index in [-0.39, 0.29) is 12.2 Å². The first-order valence-electron chi connectivity index (χ1n) is 6.49. The van der Waals surface area contributed by atoms with Crippen LogP contribution in [0.1, 0.15) is 32.1 Å². The minimum absolute atomic E-state index is 0.128. The third kappa shape index (κ3) is 1.52. The zero-order chi connectivity index (χ0) is 11.1. The van der Waals surface area contributed by atoms with Crippen LogP contribution in [0.4, 0.5) is 0 Å². The molecule has 0 spiro atoms. The number of rotatable bonds is 1. The Morgan fingerprint density at radius 3 is 2.88 bits per heavy atom. The standard InChI is InChI=1S/C13H20O3/c1-15-13-10-6-8-4-2-3-5-9(8)12(14)11(10)7-16-13/h8-11,13H,2-7H2,1H3. The minimum atomic E-state index is -0.128. The van der Waals surface area contributed by atoms with Gasteiger partial charge in [0.15, 0.2) is 6.29 Å². The van der Waals surface area contributed by atoms with Crippen LogP contribution >= 0.6 is 0 Å². The van der Waals surface area contributed by atoms with E-state index in [0.717, 1.165) is 12.8 Å². The van der Waals surface area contributed by atoms with Gasteiger partial charge in [0.2, 0.25) is 0 Å². The van der Waals surface area contributed by atoms with Crippen LogP contribution in [0.2, 0.25) is 0 Å². The Balaban J connectivity index is 1.80. The maximum Gasteiger partial charge on any atom is 0.160 e. The second kappa shape index (κ2) is 4.11. The maximum atomic E-state index is 12.4. The summed E-state index contributed by atoms with van der Waals surface area (Å²) in [5, 5.41) is 0. The van der Waals surface area contributed by atoms with E-state index in [1.165, 1.54) is 19.3 Å². The fourth-order valence-corrected chi connectivity index (χ4v) is 3.94. The second-order valence-corrected chi connectivity index (χ2v) is 5.50. The molecule has 0 N–H and O–H groups in total. The van der Waals surface area contributed by atoms with Gasteiger partial charge in [-0.1, -0.05) is 12.8 Å². The van der Waals surface area contributed by atoms with Crippen LogP contribution < -0.4 is 0 Å². The van der Waals surface area contributed by atoms with Crippen LogP contribution in [0.3, 0.4) is 0 Å². The topological polar surface area (TPSA) is 35.5 Å². The van der Waals surface area contributed by atoms with Crippen molar-refractivity contribution in [2.45, 2.75) is 38.4 Å². The fraction of sp³-hybridized carbons (Fsp3) is 0.923. The molecule has 2 aliphatic carbocycles. The van der Waals surface area contributed by atoms with Crippen molar-refractivity contribution in [1.82, 2.24) is 0 Å². The molecule has 90 valence electrons. The molecule has 0 aromatic heterocycles. The Morgan fingerprint density at radius 2 is 2.06 bits per heavy atom. The van der Waals surface area contributed by atoms with Gasteiger partial charge in [-0.25, -0.2) is 0 Å². The molecule has 3 fully saturated rings. The summed E-state index contributed by atoms with van der Waals surface area (Å²) < 4.78 is 10.9. The Kier molecular flexibility index (Phi) is 2.76. The molecule has 0 amide bonds. The number of ether oxygens (including phenoxy) is 2. The van der Waals surface area contributed by atoms with Crippen LogP contribution in [-0.4, -0.2) is 25.8 Å². The van der Waals surface area contributed by atoms with Crippen LogP contribution in [0, 0.1) is 23.7 Å². The van der Waals surface area contributed by atoms with Gasteiger partial charge in [0.05, 0.1) is 6.61 Å². The van der Waals surface area contributed by atoms with Crippen molar-refractivity contribution in [2.75, 3.05) is 13.7 Å². The van der Waals surface area contributed by atoms with Gasteiger partial charge in [-0.3, -0.25) is 4.79 Å². The lowest BCUT2D eigenvalue weighted by Gasteiger charge is -2.40. The lowest BCUT2D eigenvalue weighted by atomic mass is 9.63. The molecule has 3 heteroatoms. The predicted octanol–water partition coefficient (Wildman–Crippen LogP) is 2.00. The molecule has 3 nitrogen and oxygen atoms in total. The van der Waals surface area contributed by atoms with E-state index in [9.17, 15) is 4.79 Å². The van der Waals surface area contributed by atoms with Crippen molar-refractivity contribution in [3.8, 4) is 0 Å². The highest BCUT2D eigenvalue weighted by atomic mass is 16.7. The third-order valence-corrected chi connectivity index (χ3v) is 4.75. The summed E-state index contributed by atoms with van der Waals surface area (Å²) in [5.41, 5.74) is 0. The van der Waals surface area contributed by atoms with Gasteiger partial charge in [-0.05, 0) is 25.2 Å². The highest BCUT2D eigenvalue weighted by molar-refractivity contribution is 5.85. The minimum Gasteiger partial charge on any atom is -0.356 e. The van der Waals surface area contributed by atoms with E-state index in [2.05, 4.69) is 0 Å². The van der Waals surface area contributed by atoms with Gasteiger partial charge >= 0.3 is 0 Å². The molecule has 1 heterocycles. The molecule has 2 saturated carbocycles. The summed E-state index contributed by atoms with van der Waals surface area (Å²) in [4.78, 5) is 12.4. The molecule has 1 saturated heterocycles. The van der Waals surface area contributed by atoms with Gasteiger partial charge in [0.25, 0.3) is 0 Å². The normalized spacial score (nSPS) is 47.6. The Labute approximate surface area is 96.5 Å². The molecule has 3 rings (SSSR count). The smallest absolute Gasteiger partial charge is 0.160 e. The van der Waals surface area contributed by atoms with Crippen molar-refractivity contribution >= 4 is 5.78 Å². The van der Waals surface area contributed by atoms with E-state index in [1.807, 2.05) is 0 Å². The van der Waals surface area contributed by atoms with E-state index in [1.54, 1.807) is 7.11 Å². The first-order valence-corrected chi connectivity index (χ1v) is 6.49. The number of carbonyl (C=O) groups excluding carboxylic acids is 1. The largest absolute Gasteiger partial charge is 0.356 e. The van der Waals surface area contributed by atoms with Crippen LogP contribution in [0.15, 0.2) is 0 Å². The van der Waals surface area contributed by atoms with Gasteiger partial charge in [-0.2, -0.15) is 0 Å². The molecule has 0 radical (unpaired) electrons. The summed E-state index contributed by atoms with van der Waals surface area (Å²) in [6.07, 6.45) is 5.89. The van der Waals surface area contributed by atoms with Crippen LogP contribution in [-0.2, 0) is 14.3 Å². The third-order valence-electron chi connectivity index (χ3n) is 4.75. The summed E-state index contributed by atoms with van der Waals surface area (Å²) >= 11 is 0. The number of carbonyl (C=O) groups is 1. The number of ketones is 1. The molecular formula is C13H20O3. The summed E-state index contributed by atoms with van der Waals surface area (Å²) in [5.74, 6) is 1.89. The molecule has 5 atom stereocenters. The van der Waals surface area contributed by atoms with E-state index < -0.39 is 0 Å². The second-order valence-electron chi connectivity index (χ2n) is 5.50. The first-order chi connectivity index (χ1) is 7.81. The number of hydrogen-bond acceptors (Lipinski definition) is 3. The number of methoxy groups -OCH3 is 1. The molecule has 0 bridgehead atoms. The molecule has 3 aliphatic rings. The maximum absolute atomic E-state index is 12.4. The summed E-state index contributed by atoms with van der Waals surface area (Å²) in [6, 6.07) is 0. The highest BCUT2D eigenvalue weighted by Gasteiger charge is 2.50. The van der Waals surface area contributed by atoms with Crippen molar-refractivity contribution in [3.05, 3.63) is 0 Å². The quantitative estimate of drug-likeness (QED) is 0.683. The zero-order valence-corrected chi connectivity index (χ0v) is 9.85. The van der Waals surface area contributed by atoms with Crippen molar-refractivity contribution in [3.63, 3.8) is 0 Å². The summed E-state index contributed by atoms with van der Waals surface area (Å²) in [6.45, 7) is 0.589. The molecule has 0 aromatic carbocycles. The molecule has 16 heavy (non-hydrogen) atoms. The monoisotopic (exact) mass is 224 g/mol. The van der Waals surface area contributed by atoms with Gasteiger partial charge in [0.1, 0.15) is 5.78 Å². The Morgan fingerprint density at radius 1 is 1.25 bits per heavy atom. The fourth-order valence-electron chi connectivity index (χ4n) is 3.94. The van der Waals surface area contributed by atoms with E-state index in [0.29, 0.717) is 30.1 Å². The van der Waals surface area contributed by atoms with Crippen LogP contribution in [0.25, 0.3) is 0 Å². The predicted molar refractivity (Wildman–Crippen MR) is 58.8 cm³/mol. The van der Waals surface area contributed by atoms with Crippen molar-refractivity contribution in [1.29, 1.82) is 0 Å². The molecule has 0 aromatic rings. The first kappa shape index (κ1) is 10.7. The number of Topliss-reactive ketones (excluding diaryl/α,β-unsaturated/α-hetero) is 1.